The topological polar surface area (TPSA) is 69.4 Å². The molecule has 0 aromatic heterocycles. The Bertz CT molecular complexity index is 1040. The van der Waals surface area contributed by atoms with Gasteiger partial charge >= 0.3 is 0 Å². The van der Waals surface area contributed by atoms with Crippen LogP contribution in [0.5, 0.6) is 5.75 Å². The first-order valence-corrected chi connectivity index (χ1v) is 8.10. The molecule has 0 saturated carbocycles. The zero-order valence-corrected chi connectivity index (χ0v) is 14.6. The van der Waals surface area contributed by atoms with Crippen LogP contribution in [0.2, 0.25) is 5.02 Å². The van der Waals surface area contributed by atoms with Gasteiger partial charge in [-0.3, -0.25) is 14.9 Å². The van der Waals surface area contributed by atoms with Crippen LogP contribution in [-0.2, 0) is 0 Å². The van der Waals surface area contributed by atoms with Gasteiger partial charge in [0.05, 0.1) is 12.0 Å². The summed E-state index contributed by atoms with van der Waals surface area (Å²) in [5.41, 5.74) is 0.864. The summed E-state index contributed by atoms with van der Waals surface area (Å²) in [6, 6.07) is 15.4. The highest BCUT2D eigenvalue weighted by Gasteiger charge is 2.12. The molecule has 0 heterocycles. The van der Waals surface area contributed by atoms with Crippen molar-refractivity contribution in [3.63, 3.8) is 0 Å². The Morgan fingerprint density at radius 1 is 1.08 bits per heavy atom. The molecule has 130 valence electrons. The van der Waals surface area contributed by atoms with E-state index in [0.717, 1.165) is 16.5 Å². The Morgan fingerprint density at radius 2 is 1.81 bits per heavy atom. The van der Waals surface area contributed by atoms with Crippen molar-refractivity contribution in [2.45, 2.75) is 0 Å². The van der Waals surface area contributed by atoms with Crippen molar-refractivity contribution in [3.05, 3.63) is 86.9 Å². The zero-order chi connectivity index (χ0) is 18.7. The number of rotatable bonds is 5. The van der Waals surface area contributed by atoms with E-state index < -0.39 is 4.92 Å². The number of nitro groups is 1. The van der Waals surface area contributed by atoms with Crippen molar-refractivity contribution < 1.29 is 14.5 Å². The average Bonchev–Trinajstić information content (AvgIpc) is 2.65. The van der Waals surface area contributed by atoms with E-state index in [4.69, 9.17) is 16.3 Å². The predicted molar refractivity (Wildman–Crippen MR) is 102 cm³/mol. The average molecular weight is 368 g/mol. The summed E-state index contributed by atoms with van der Waals surface area (Å²) in [5, 5.41) is 12.9. The van der Waals surface area contributed by atoms with Crippen molar-refractivity contribution in [2.75, 3.05) is 7.11 Å². The molecule has 0 fully saturated rings. The minimum Gasteiger partial charge on any atom is -0.497 e. The van der Waals surface area contributed by atoms with E-state index in [1.165, 1.54) is 24.3 Å². The van der Waals surface area contributed by atoms with E-state index in [1.54, 1.807) is 25.3 Å². The molecule has 0 N–H and O–H groups in total. The van der Waals surface area contributed by atoms with Gasteiger partial charge in [0.15, 0.2) is 5.78 Å². The number of ether oxygens (including phenoxy) is 1. The lowest BCUT2D eigenvalue weighted by Gasteiger charge is -2.04. The number of carbonyl (C=O) groups is 1. The Morgan fingerprint density at radius 3 is 2.54 bits per heavy atom. The molecule has 0 bridgehead atoms. The Kier molecular flexibility index (Phi) is 5.00. The lowest BCUT2D eigenvalue weighted by molar-refractivity contribution is -0.384. The second-order valence-electron chi connectivity index (χ2n) is 5.59. The molecule has 26 heavy (non-hydrogen) atoms. The number of fused-ring (bicyclic) bond motifs is 1. The molecule has 0 aliphatic carbocycles. The van der Waals surface area contributed by atoms with E-state index >= 15 is 0 Å². The van der Waals surface area contributed by atoms with Gasteiger partial charge in [-0.2, -0.15) is 0 Å². The highest BCUT2D eigenvalue weighted by molar-refractivity contribution is 6.32. The molecule has 5 nitrogen and oxygen atoms in total. The molecule has 3 aromatic rings. The molecule has 0 aliphatic heterocycles. The second-order valence-corrected chi connectivity index (χ2v) is 6.00. The van der Waals surface area contributed by atoms with Gasteiger partial charge in [0, 0.05) is 11.6 Å². The summed E-state index contributed by atoms with van der Waals surface area (Å²) < 4.78 is 5.19. The Hall–Kier alpha value is -3.18. The van der Waals surface area contributed by atoms with Crippen LogP contribution in [0.3, 0.4) is 0 Å². The second kappa shape index (κ2) is 7.37. The van der Waals surface area contributed by atoms with Gasteiger partial charge in [0.25, 0.3) is 5.69 Å². The van der Waals surface area contributed by atoms with E-state index in [9.17, 15) is 14.9 Å². The van der Waals surface area contributed by atoms with Crippen LogP contribution in [0, 0.1) is 10.1 Å². The van der Waals surface area contributed by atoms with Crippen molar-refractivity contribution in [1.29, 1.82) is 0 Å². The fourth-order valence-corrected chi connectivity index (χ4v) is 2.73. The fraction of sp³-hybridized carbons (Fsp3) is 0.0500. The summed E-state index contributed by atoms with van der Waals surface area (Å²) in [5.74, 6) is 0.557. The van der Waals surface area contributed by atoms with Gasteiger partial charge in [-0.05, 0) is 46.7 Å². The van der Waals surface area contributed by atoms with Crippen molar-refractivity contribution in [2.24, 2.45) is 0 Å². The maximum Gasteiger partial charge on any atom is 0.288 e. The van der Waals surface area contributed by atoms with Crippen LogP contribution < -0.4 is 4.74 Å². The third-order valence-electron chi connectivity index (χ3n) is 3.93. The standard InChI is InChI=1S/C20H14ClNO4/c1-26-17-7-6-14-11-16(5-4-15(14)12-17)20(23)9-3-13-2-8-18(21)19(10-13)22(24)25/h2-12H,1H3/b9-3+. The van der Waals surface area contributed by atoms with Gasteiger partial charge in [0.1, 0.15) is 10.8 Å². The molecule has 0 radical (unpaired) electrons. The van der Waals surface area contributed by atoms with Gasteiger partial charge in [-0.25, -0.2) is 0 Å². The number of nitrogens with zero attached hydrogens (tertiary/aromatic N) is 1. The van der Waals surface area contributed by atoms with Gasteiger partial charge in [-0.15, -0.1) is 0 Å². The smallest absolute Gasteiger partial charge is 0.288 e. The molecular formula is C20H14ClNO4. The lowest BCUT2D eigenvalue weighted by atomic mass is 10.0. The van der Waals surface area contributed by atoms with E-state index in [1.807, 2.05) is 24.3 Å². The number of ketones is 1. The molecule has 3 aromatic carbocycles. The highest BCUT2D eigenvalue weighted by Crippen LogP contribution is 2.26. The predicted octanol–water partition coefficient (Wildman–Crippen LogP) is 5.31. The summed E-state index contributed by atoms with van der Waals surface area (Å²) in [7, 11) is 1.60. The number of halogens is 1. The lowest BCUT2D eigenvalue weighted by Crippen LogP contribution is -1.94. The van der Waals surface area contributed by atoms with Gasteiger partial charge in [0.2, 0.25) is 0 Å². The third-order valence-corrected chi connectivity index (χ3v) is 4.25. The minimum absolute atomic E-state index is 0.0587. The van der Waals surface area contributed by atoms with E-state index in [0.29, 0.717) is 11.1 Å². The molecule has 0 saturated heterocycles. The minimum atomic E-state index is -0.556. The van der Waals surface area contributed by atoms with Crippen molar-refractivity contribution in [3.8, 4) is 5.75 Å². The molecule has 3 rings (SSSR count). The van der Waals surface area contributed by atoms with Crippen LogP contribution in [0.15, 0.2) is 60.7 Å². The number of carbonyl (C=O) groups excluding carboxylic acids is 1. The molecule has 6 heteroatoms. The van der Waals surface area contributed by atoms with Crippen molar-refractivity contribution in [1.82, 2.24) is 0 Å². The first-order valence-electron chi connectivity index (χ1n) is 7.72. The van der Waals surface area contributed by atoms with Crippen LogP contribution >= 0.6 is 11.6 Å². The number of hydrogen-bond acceptors (Lipinski definition) is 4. The summed E-state index contributed by atoms with van der Waals surface area (Å²) in [6.45, 7) is 0. The summed E-state index contributed by atoms with van der Waals surface area (Å²) in [6.07, 6.45) is 2.92. The van der Waals surface area contributed by atoms with Crippen molar-refractivity contribution >= 4 is 39.9 Å². The number of methoxy groups -OCH3 is 1. The molecule has 0 unspecified atom stereocenters. The Balaban J connectivity index is 1.85. The SMILES string of the molecule is COc1ccc2cc(C(=O)/C=C/c3ccc(Cl)c([N+](=O)[O-])c3)ccc2c1. The summed E-state index contributed by atoms with van der Waals surface area (Å²) >= 11 is 5.79. The number of allylic oxidation sites excluding steroid dienone is 1. The number of hydrogen-bond donors (Lipinski definition) is 0. The summed E-state index contributed by atoms with van der Waals surface area (Å²) in [4.78, 5) is 22.8. The quantitative estimate of drug-likeness (QED) is 0.265. The molecule has 0 amide bonds. The molecule has 0 aliphatic rings. The first kappa shape index (κ1) is 17.6. The largest absolute Gasteiger partial charge is 0.497 e. The highest BCUT2D eigenvalue weighted by atomic mass is 35.5. The van der Waals surface area contributed by atoms with Crippen LogP contribution in [0.4, 0.5) is 5.69 Å². The molecule has 0 atom stereocenters. The molecule has 0 spiro atoms. The maximum absolute atomic E-state index is 12.4. The normalized spacial score (nSPS) is 11.0. The van der Waals surface area contributed by atoms with Crippen LogP contribution in [0.25, 0.3) is 16.8 Å². The fourth-order valence-electron chi connectivity index (χ4n) is 2.55. The van der Waals surface area contributed by atoms with E-state index in [-0.39, 0.29) is 16.5 Å². The monoisotopic (exact) mass is 367 g/mol. The van der Waals surface area contributed by atoms with Crippen LogP contribution in [-0.4, -0.2) is 17.8 Å². The maximum atomic E-state index is 12.4. The van der Waals surface area contributed by atoms with Crippen LogP contribution in [0.1, 0.15) is 15.9 Å². The third kappa shape index (κ3) is 3.73. The Labute approximate surface area is 154 Å². The zero-order valence-electron chi connectivity index (χ0n) is 13.8. The number of benzene rings is 3. The van der Waals surface area contributed by atoms with Gasteiger partial charge in [-0.1, -0.05) is 41.9 Å². The first-order chi connectivity index (χ1) is 12.5. The van der Waals surface area contributed by atoms with E-state index in [2.05, 4.69) is 0 Å². The number of nitro benzene ring substituents is 1. The van der Waals surface area contributed by atoms with Gasteiger partial charge < -0.3 is 4.74 Å². The molecular weight excluding hydrogens is 354 g/mol.